The molecule has 1 aromatic rings. The second-order valence-electron chi connectivity index (χ2n) is 5.25. The van der Waals surface area contributed by atoms with Crippen LogP contribution in [0.3, 0.4) is 0 Å². The Labute approximate surface area is 121 Å². The number of nitrogens with zero attached hydrogens (tertiary/aromatic N) is 1. The van der Waals surface area contributed by atoms with Gasteiger partial charge in [0.1, 0.15) is 5.56 Å². The van der Waals surface area contributed by atoms with Gasteiger partial charge in [-0.25, -0.2) is 4.79 Å². The number of nitrogens with one attached hydrogen (secondary N) is 1. The second-order valence-corrected chi connectivity index (χ2v) is 5.25. The van der Waals surface area contributed by atoms with Gasteiger partial charge in [0.25, 0.3) is 5.69 Å². The van der Waals surface area contributed by atoms with E-state index in [0.29, 0.717) is 12.1 Å². The van der Waals surface area contributed by atoms with E-state index in [9.17, 15) is 20.0 Å². The van der Waals surface area contributed by atoms with Crippen LogP contribution >= 0.6 is 0 Å². The Morgan fingerprint density at radius 1 is 1.29 bits per heavy atom. The second kappa shape index (κ2) is 6.53. The number of carbonyl (C=O) groups is 1. The largest absolute Gasteiger partial charge is 0.477 e. The highest BCUT2D eigenvalue weighted by molar-refractivity contribution is 5.93. The minimum Gasteiger partial charge on any atom is -0.477 e. The number of nitro groups is 1. The standard InChI is InChI=1S/C14H18N2O5/c17-13-5-3-1-2-4-11(13)15-9-6-7-10(14(18)19)12(8-9)16(20)21/h6-8,11,13,15,17H,1-5H2,(H,18,19). The molecule has 3 N–H and O–H groups in total. The molecule has 2 atom stereocenters. The van der Waals surface area contributed by atoms with Crippen LogP contribution in [0.4, 0.5) is 11.4 Å². The van der Waals surface area contributed by atoms with Crippen LogP contribution in [0.5, 0.6) is 0 Å². The zero-order valence-corrected chi connectivity index (χ0v) is 11.5. The number of hydrogen-bond donors (Lipinski definition) is 3. The smallest absolute Gasteiger partial charge is 0.342 e. The van der Waals surface area contributed by atoms with Crippen LogP contribution in [0.15, 0.2) is 18.2 Å². The van der Waals surface area contributed by atoms with Crippen LogP contribution in [0.1, 0.15) is 42.5 Å². The minimum absolute atomic E-state index is 0.164. The van der Waals surface area contributed by atoms with E-state index < -0.39 is 22.7 Å². The molecule has 0 saturated heterocycles. The monoisotopic (exact) mass is 294 g/mol. The molecule has 7 nitrogen and oxygen atoms in total. The molecular weight excluding hydrogens is 276 g/mol. The molecule has 21 heavy (non-hydrogen) atoms. The highest BCUT2D eigenvalue weighted by Gasteiger charge is 2.24. The van der Waals surface area contributed by atoms with Crippen molar-refractivity contribution in [3.8, 4) is 0 Å². The number of aliphatic hydroxyl groups is 1. The van der Waals surface area contributed by atoms with Gasteiger partial charge in [-0.05, 0) is 25.0 Å². The summed E-state index contributed by atoms with van der Waals surface area (Å²) in [6, 6.07) is 3.75. The van der Waals surface area contributed by atoms with E-state index in [1.807, 2.05) is 0 Å². The summed E-state index contributed by atoms with van der Waals surface area (Å²) in [6.07, 6.45) is 4.02. The van der Waals surface area contributed by atoms with Crippen LogP contribution in [0, 0.1) is 10.1 Å². The number of carboxylic acid groups (broad SMARTS) is 1. The first-order valence-electron chi connectivity index (χ1n) is 6.95. The Balaban J connectivity index is 2.22. The number of rotatable bonds is 4. The maximum atomic E-state index is 11.0. The van der Waals surface area contributed by atoms with Crippen molar-refractivity contribution in [2.24, 2.45) is 0 Å². The van der Waals surface area contributed by atoms with Gasteiger partial charge in [0.05, 0.1) is 17.1 Å². The molecule has 2 rings (SSSR count). The van der Waals surface area contributed by atoms with Gasteiger partial charge in [-0.2, -0.15) is 0 Å². The quantitative estimate of drug-likeness (QED) is 0.446. The topological polar surface area (TPSA) is 113 Å². The molecule has 114 valence electrons. The van der Waals surface area contributed by atoms with E-state index in [1.165, 1.54) is 18.2 Å². The lowest BCUT2D eigenvalue weighted by Crippen LogP contribution is -2.32. The summed E-state index contributed by atoms with van der Waals surface area (Å²) < 4.78 is 0. The maximum absolute atomic E-state index is 11.0. The van der Waals surface area contributed by atoms with Gasteiger partial charge in [0, 0.05) is 11.8 Å². The Morgan fingerprint density at radius 3 is 2.67 bits per heavy atom. The predicted octanol–water partition coefficient (Wildman–Crippen LogP) is 2.40. The fourth-order valence-corrected chi connectivity index (χ4v) is 2.62. The Hall–Kier alpha value is -2.15. The predicted molar refractivity (Wildman–Crippen MR) is 76.6 cm³/mol. The van der Waals surface area contributed by atoms with E-state index in [0.717, 1.165) is 25.7 Å². The lowest BCUT2D eigenvalue weighted by molar-refractivity contribution is -0.385. The van der Waals surface area contributed by atoms with Crippen LogP contribution in [0.25, 0.3) is 0 Å². The molecule has 1 fully saturated rings. The average molecular weight is 294 g/mol. The van der Waals surface area contributed by atoms with Gasteiger partial charge < -0.3 is 15.5 Å². The lowest BCUT2D eigenvalue weighted by Gasteiger charge is -2.22. The molecule has 2 unspecified atom stereocenters. The van der Waals surface area contributed by atoms with Crippen molar-refractivity contribution in [1.82, 2.24) is 0 Å². The third-order valence-electron chi connectivity index (χ3n) is 3.76. The molecule has 1 saturated carbocycles. The summed E-state index contributed by atoms with van der Waals surface area (Å²) >= 11 is 0. The maximum Gasteiger partial charge on any atom is 0.342 e. The third kappa shape index (κ3) is 3.69. The van der Waals surface area contributed by atoms with Gasteiger partial charge in [-0.15, -0.1) is 0 Å². The van der Waals surface area contributed by atoms with Crippen LogP contribution in [0.2, 0.25) is 0 Å². The first-order valence-corrected chi connectivity index (χ1v) is 6.95. The molecule has 0 aromatic heterocycles. The van der Waals surface area contributed by atoms with Gasteiger partial charge in [-0.1, -0.05) is 19.3 Å². The van der Waals surface area contributed by atoms with Crippen molar-refractivity contribution in [2.45, 2.75) is 44.2 Å². The van der Waals surface area contributed by atoms with E-state index in [-0.39, 0.29) is 11.6 Å². The number of anilines is 1. The number of hydrogen-bond acceptors (Lipinski definition) is 5. The molecule has 0 aliphatic heterocycles. The Morgan fingerprint density at radius 2 is 2.00 bits per heavy atom. The summed E-state index contributed by atoms with van der Waals surface area (Å²) in [4.78, 5) is 21.2. The Bertz CT molecular complexity index is 546. The molecule has 1 aliphatic rings. The molecular formula is C14H18N2O5. The van der Waals surface area contributed by atoms with E-state index in [1.54, 1.807) is 0 Å². The van der Waals surface area contributed by atoms with Crippen molar-refractivity contribution in [2.75, 3.05) is 5.32 Å². The molecule has 0 bridgehead atoms. The van der Waals surface area contributed by atoms with Crippen molar-refractivity contribution in [3.63, 3.8) is 0 Å². The van der Waals surface area contributed by atoms with Crippen LogP contribution in [-0.4, -0.2) is 33.3 Å². The number of nitro benzene ring substituents is 1. The van der Waals surface area contributed by atoms with Gasteiger partial charge >= 0.3 is 5.97 Å². The average Bonchev–Trinajstić information content (AvgIpc) is 2.64. The highest BCUT2D eigenvalue weighted by Crippen LogP contribution is 2.26. The van der Waals surface area contributed by atoms with E-state index in [4.69, 9.17) is 5.11 Å². The molecule has 0 amide bonds. The van der Waals surface area contributed by atoms with Gasteiger partial charge in [0.15, 0.2) is 0 Å². The first-order chi connectivity index (χ1) is 9.99. The summed E-state index contributed by atoms with van der Waals surface area (Å²) in [7, 11) is 0. The lowest BCUT2D eigenvalue weighted by atomic mass is 10.1. The van der Waals surface area contributed by atoms with Crippen LogP contribution < -0.4 is 5.32 Å². The van der Waals surface area contributed by atoms with Crippen LogP contribution in [-0.2, 0) is 0 Å². The normalized spacial score (nSPS) is 22.3. The van der Waals surface area contributed by atoms with Crippen molar-refractivity contribution in [3.05, 3.63) is 33.9 Å². The number of aliphatic hydroxyl groups excluding tert-OH is 1. The zero-order valence-electron chi connectivity index (χ0n) is 11.5. The molecule has 0 spiro atoms. The van der Waals surface area contributed by atoms with Crippen molar-refractivity contribution in [1.29, 1.82) is 0 Å². The van der Waals surface area contributed by atoms with E-state index >= 15 is 0 Å². The van der Waals surface area contributed by atoms with Gasteiger partial charge in [-0.3, -0.25) is 10.1 Å². The SMILES string of the molecule is O=C(O)c1ccc(NC2CCCCCC2O)cc1[N+](=O)[O-]. The minimum atomic E-state index is -1.33. The summed E-state index contributed by atoms with van der Waals surface area (Å²) in [6.45, 7) is 0. The van der Waals surface area contributed by atoms with Gasteiger partial charge in [0.2, 0.25) is 0 Å². The molecule has 0 heterocycles. The molecule has 1 aromatic carbocycles. The number of carboxylic acids is 1. The highest BCUT2D eigenvalue weighted by atomic mass is 16.6. The first kappa shape index (κ1) is 15.2. The van der Waals surface area contributed by atoms with Crippen molar-refractivity contribution >= 4 is 17.3 Å². The summed E-state index contributed by atoms with van der Waals surface area (Å²) in [5, 5.41) is 33.0. The fraction of sp³-hybridized carbons (Fsp3) is 0.500. The third-order valence-corrected chi connectivity index (χ3v) is 3.76. The summed E-state index contributed by atoms with van der Waals surface area (Å²) in [5.74, 6) is -1.33. The Kier molecular flexibility index (Phi) is 4.74. The molecule has 1 aliphatic carbocycles. The zero-order chi connectivity index (χ0) is 15.4. The summed E-state index contributed by atoms with van der Waals surface area (Å²) in [5.41, 5.74) is -0.333. The van der Waals surface area contributed by atoms with E-state index in [2.05, 4.69) is 5.32 Å². The number of benzene rings is 1. The number of aromatic carboxylic acids is 1. The fourth-order valence-electron chi connectivity index (χ4n) is 2.62. The molecule has 7 heteroatoms. The molecule has 0 radical (unpaired) electrons. The van der Waals surface area contributed by atoms with Crippen molar-refractivity contribution < 1.29 is 19.9 Å².